The predicted octanol–water partition coefficient (Wildman–Crippen LogP) is -0.959. The summed E-state index contributed by atoms with van der Waals surface area (Å²) in [5.41, 5.74) is 6.12. The fraction of sp³-hybridized carbons (Fsp3) is 0.222. The molecule has 1 atom stereocenters. The molecular weight excluding hydrogens is 362 g/mol. The highest BCUT2D eigenvalue weighted by atomic mass is 32.3. The largest absolute Gasteiger partial charge is 0.508 e. The fourth-order valence-corrected chi connectivity index (χ4v) is 0.973. The molecule has 0 saturated carbocycles. The Labute approximate surface area is 131 Å². The molecule has 0 unspecified atom stereocenters. The lowest BCUT2D eigenvalue weighted by Gasteiger charge is -2.05. The van der Waals surface area contributed by atoms with Gasteiger partial charge in [0.05, 0.1) is 0 Å². The van der Waals surface area contributed by atoms with Crippen LogP contribution in [0.4, 0.5) is 0 Å². The molecule has 0 radical (unpaired) electrons. The summed E-state index contributed by atoms with van der Waals surface area (Å²) in [6.45, 7) is 0. The Bertz CT molecular complexity index is 635. The highest BCUT2D eigenvalue weighted by molar-refractivity contribution is 7.80. The van der Waals surface area contributed by atoms with Crippen molar-refractivity contribution in [1.82, 2.24) is 0 Å². The number of carboxylic acid groups (broad SMARTS) is 1. The van der Waals surface area contributed by atoms with E-state index in [0.29, 0.717) is 0 Å². The van der Waals surface area contributed by atoms with Gasteiger partial charge in [0.1, 0.15) is 11.8 Å². The van der Waals surface area contributed by atoms with Crippen molar-refractivity contribution in [3.8, 4) is 5.75 Å². The molecule has 12 nitrogen and oxygen atoms in total. The van der Waals surface area contributed by atoms with Crippen LogP contribution in [0.25, 0.3) is 0 Å². The summed E-state index contributed by atoms with van der Waals surface area (Å²) in [6, 6.07) is 5.42. The van der Waals surface area contributed by atoms with Gasteiger partial charge in [-0.2, -0.15) is 16.8 Å². The van der Waals surface area contributed by atoms with Crippen molar-refractivity contribution in [3.63, 3.8) is 0 Å². The maximum absolute atomic E-state index is 10.4. The molecule has 14 heteroatoms. The maximum atomic E-state index is 10.4. The number of phenols is 1. The number of benzene rings is 1. The van der Waals surface area contributed by atoms with Crippen LogP contribution >= 0.6 is 0 Å². The molecule has 0 spiro atoms. The van der Waals surface area contributed by atoms with Gasteiger partial charge in [0.15, 0.2) is 0 Å². The second-order valence-corrected chi connectivity index (χ2v) is 5.50. The molecule has 134 valence electrons. The number of aliphatic carboxylic acids is 1. The first-order valence-corrected chi connectivity index (χ1v) is 8.05. The summed E-state index contributed by atoms with van der Waals surface area (Å²) < 4.78 is 63.2. The van der Waals surface area contributed by atoms with Crippen LogP contribution in [0.2, 0.25) is 0 Å². The highest BCUT2D eigenvalue weighted by Crippen LogP contribution is 2.10. The van der Waals surface area contributed by atoms with Crippen LogP contribution in [0, 0.1) is 0 Å². The molecule has 0 bridgehead atoms. The van der Waals surface area contributed by atoms with Crippen molar-refractivity contribution in [2.75, 3.05) is 0 Å². The van der Waals surface area contributed by atoms with Gasteiger partial charge in [0.25, 0.3) is 0 Å². The third kappa shape index (κ3) is 25.5. The summed E-state index contributed by atoms with van der Waals surface area (Å²) in [5, 5.41) is 17.5. The third-order valence-corrected chi connectivity index (χ3v) is 1.71. The summed E-state index contributed by atoms with van der Waals surface area (Å²) in [6.07, 6.45) is 0.273. The molecule has 0 aliphatic rings. The lowest BCUT2D eigenvalue weighted by molar-refractivity contribution is -0.138. The molecule has 1 aromatic rings. The smallest absolute Gasteiger partial charge is 0.394 e. The van der Waals surface area contributed by atoms with E-state index in [2.05, 4.69) is 0 Å². The average molecular weight is 377 g/mol. The molecule has 0 fully saturated rings. The first-order valence-electron chi connectivity index (χ1n) is 5.25. The van der Waals surface area contributed by atoms with E-state index in [-0.39, 0.29) is 12.2 Å². The molecule has 0 aliphatic carbocycles. The van der Waals surface area contributed by atoms with Gasteiger partial charge in [0, 0.05) is 0 Å². The minimum atomic E-state index is -4.67. The van der Waals surface area contributed by atoms with Crippen LogP contribution in [0.3, 0.4) is 0 Å². The van der Waals surface area contributed by atoms with Crippen LogP contribution in [-0.2, 0) is 32.0 Å². The zero-order chi connectivity index (χ0) is 18.8. The Balaban J connectivity index is 0. The molecular formula is C9H15NO11S2. The number of phenolic OH excluding ortho intramolecular Hbond substituents is 1. The van der Waals surface area contributed by atoms with Crippen molar-refractivity contribution in [2.24, 2.45) is 5.73 Å². The van der Waals surface area contributed by atoms with E-state index < -0.39 is 32.8 Å². The zero-order valence-electron chi connectivity index (χ0n) is 11.2. The number of hydrogen-bond donors (Lipinski definition) is 7. The minimum absolute atomic E-state index is 0.160. The van der Waals surface area contributed by atoms with Crippen LogP contribution in [-0.4, -0.2) is 57.3 Å². The van der Waals surface area contributed by atoms with Gasteiger partial charge >= 0.3 is 26.8 Å². The number of nitrogens with two attached hydrogens (primary N) is 1. The van der Waals surface area contributed by atoms with Gasteiger partial charge < -0.3 is 15.9 Å². The van der Waals surface area contributed by atoms with E-state index in [9.17, 15) is 4.79 Å². The lowest BCUT2D eigenvalue weighted by atomic mass is 10.1. The minimum Gasteiger partial charge on any atom is -0.508 e. The Morgan fingerprint density at radius 2 is 1.26 bits per heavy atom. The third-order valence-electron chi connectivity index (χ3n) is 1.71. The zero-order valence-corrected chi connectivity index (χ0v) is 12.8. The molecule has 0 heterocycles. The normalized spacial score (nSPS) is 12.0. The van der Waals surface area contributed by atoms with Gasteiger partial charge in [-0.15, -0.1) is 0 Å². The van der Waals surface area contributed by atoms with Gasteiger partial charge in [-0.05, 0) is 24.1 Å². The monoisotopic (exact) mass is 377 g/mol. The topological polar surface area (TPSA) is 233 Å². The Hall–Kier alpha value is -1.81. The number of carbonyl (C=O) groups is 1. The second kappa shape index (κ2) is 10.1. The molecule has 23 heavy (non-hydrogen) atoms. The van der Waals surface area contributed by atoms with E-state index in [1.165, 1.54) is 12.1 Å². The van der Waals surface area contributed by atoms with Gasteiger partial charge in [-0.3, -0.25) is 23.0 Å². The van der Waals surface area contributed by atoms with Crippen molar-refractivity contribution >= 4 is 26.8 Å². The summed E-state index contributed by atoms with van der Waals surface area (Å²) in [5.74, 6) is -0.860. The van der Waals surface area contributed by atoms with Crippen LogP contribution in [0.5, 0.6) is 5.75 Å². The Kier molecular flexibility index (Phi) is 10.3. The van der Waals surface area contributed by atoms with E-state index in [0.717, 1.165) is 5.56 Å². The average Bonchev–Trinajstić information content (AvgIpc) is 2.27. The molecule has 0 aliphatic heterocycles. The van der Waals surface area contributed by atoms with E-state index in [1.807, 2.05) is 0 Å². The molecule has 0 aromatic heterocycles. The van der Waals surface area contributed by atoms with E-state index in [4.69, 9.17) is 51.0 Å². The first-order chi connectivity index (χ1) is 10.1. The summed E-state index contributed by atoms with van der Waals surface area (Å²) >= 11 is 0. The Morgan fingerprint density at radius 1 is 0.957 bits per heavy atom. The van der Waals surface area contributed by atoms with Crippen LogP contribution in [0.1, 0.15) is 5.56 Å². The highest BCUT2D eigenvalue weighted by Gasteiger charge is 2.11. The van der Waals surface area contributed by atoms with Crippen molar-refractivity contribution < 1.29 is 50.1 Å². The number of aromatic hydroxyl groups is 1. The summed E-state index contributed by atoms with van der Waals surface area (Å²) in [7, 11) is -9.33. The molecule has 1 aromatic carbocycles. The van der Waals surface area contributed by atoms with Crippen molar-refractivity contribution in [2.45, 2.75) is 12.5 Å². The predicted molar refractivity (Wildman–Crippen MR) is 75.8 cm³/mol. The molecule has 8 N–H and O–H groups in total. The molecule has 0 amide bonds. The molecule has 0 saturated heterocycles. The first kappa shape index (κ1) is 23.5. The van der Waals surface area contributed by atoms with Crippen molar-refractivity contribution in [1.29, 1.82) is 0 Å². The van der Waals surface area contributed by atoms with Crippen LogP contribution < -0.4 is 5.73 Å². The van der Waals surface area contributed by atoms with E-state index in [1.54, 1.807) is 12.1 Å². The number of hydrogen-bond acceptors (Lipinski definition) is 7. The lowest BCUT2D eigenvalue weighted by Crippen LogP contribution is -2.32. The van der Waals surface area contributed by atoms with Gasteiger partial charge in [-0.1, -0.05) is 12.1 Å². The van der Waals surface area contributed by atoms with Crippen molar-refractivity contribution in [3.05, 3.63) is 29.8 Å². The number of carboxylic acids is 1. The standard InChI is InChI=1S/C9H11NO3.2H2O4S/c10-8(9(12)13)5-6-1-3-7(11)4-2-6;2*1-5(2,3)4/h1-4,8,11H,5,10H2,(H,12,13);2*(H2,1,2,3,4)/t8-;;/m0../s1. The van der Waals surface area contributed by atoms with Gasteiger partial charge in [0.2, 0.25) is 0 Å². The summed E-state index contributed by atoms with van der Waals surface area (Å²) in [4.78, 5) is 10.4. The molecule has 1 rings (SSSR count). The second-order valence-electron chi connectivity index (χ2n) is 3.71. The van der Waals surface area contributed by atoms with Crippen LogP contribution in [0.15, 0.2) is 24.3 Å². The Morgan fingerprint density at radius 3 is 1.52 bits per heavy atom. The van der Waals surface area contributed by atoms with Gasteiger partial charge in [-0.25, -0.2) is 0 Å². The number of rotatable bonds is 3. The quantitative estimate of drug-likeness (QED) is 0.315. The maximum Gasteiger partial charge on any atom is 0.394 e. The fourth-order valence-electron chi connectivity index (χ4n) is 0.973. The SMILES string of the molecule is N[C@@H](Cc1ccc(O)cc1)C(=O)O.O=S(=O)(O)O.O=S(=O)(O)O. The van der Waals surface area contributed by atoms with E-state index >= 15 is 0 Å².